The summed E-state index contributed by atoms with van der Waals surface area (Å²) in [7, 11) is 3.25. The molecule has 0 unspecified atom stereocenters. The number of hydrogen-bond acceptors (Lipinski definition) is 5. The number of pyridine rings is 1. The lowest BCUT2D eigenvalue weighted by molar-refractivity contribution is 0.171. The maximum Gasteiger partial charge on any atom is 0.325 e. The van der Waals surface area contributed by atoms with Crippen LogP contribution in [0.4, 0.5) is 4.79 Å². The summed E-state index contributed by atoms with van der Waals surface area (Å²) in [6, 6.07) is 8.87. The molecule has 0 bridgehead atoms. The molecule has 0 atom stereocenters. The number of hydrogen-bond donors (Lipinski definition) is 1. The number of fused-ring (bicyclic) bond motifs is 1. The Labute approximate surface area is 151 Å². The first-order valence-electron chi connectivity index (χ1n) is 8.29. The van der Waals surface area contributed by atoms with Gasteiger partial charge in [-0.15, -0.1) is 0 Å². The number of aromatic nitrogens is 2. The molecule has 2 aromatic heterocycles. The van der Waals surface area contributed by atoms with Crippen molar-refractivity contribution >= 4 is 16.9 Å². The molecule has 0 saturated heterocycles. The molecule has 2 heterocycles. The molecule has 0 fully saturated rings. The number of methoxy groups -OCH3 is 1. The molecule has 1 amide bonds. The van der Waals surface area contributed by atoms with Gasteiger partial charge in [-0.3, -0.25) is 9.55 Å². The lowest BCUT2D eigenvalue weighted by Crippen LogP contribution is -2.23. The van der Waals surface area contributed by atoms with Gasteiger partial charge in [0, 0.05) is 57.2 Å². The molecule has 1 N–H and O–H groups in total. The third kappa shape index (κ3) is 3.94. The van der Waals surface area contributed by atoms with E-state index in [2.05, 4.69) is 10.3 Å². The van der Waals surface area contributed by atoms with Crippen molar-refractivity contribution in [2.75, 3.05) is 27.4 Å². The lowest BCUT2D eigenvalue weighted by Gasteiger charge is -2.14. The van der Waals surface area contributed by atoms with Crippen molar-refractivity contribution in [1.82, 2.24) is 14.9 Å². The Morgan fingerprint density at radius 2 is 1.96 bits per heavy atom. The van der Waals surface area contributed by atoms with Crippen molar-refractivity contribution in [3.8, 4) is 17.2 Å². The van der Waals surface area contributed by atoms with E-state index in [1.807, 2.05) is 18.2 Å². The number of nitrogens with one attached hydrogen (secondary N) is 1. The average molecular weight is 355 g/mol. The molecule has 0 aliphatic heterocycles. The Kier molecular flexibility index (Phi) is 5.70. The molecule has 3 aromatic rings. The first-order chi connectivity index (χ1) is 12.7. The van der Waals surface area contributed by atoms with Crippen LogP contribution in [-0.2, 0) is 4.74 Å². The van der Waals surface area contributed by atoms with Crippen LogP contribution in [0.2, 0.25) is 0 Å². The van der Waals surface area contributed by atoms with Gasteiger partial charge in [-0.1, -0.05) is 0 Å². The number of ether oxygens (including phenoxy) is 3. The molecular formula is C19H21N3O4. The first kappa shape index (κ1) is 17.8. The standard InChI is InChI=1S/C19H21N3O4/c1-20-19(23)22-9-6-14-12-18(26-15-4-7-21-8-5-15)17(13-16(14)22)25-11-3-10-24-2/h4-9,12-13H,3,10-11H2,1-2H3,(H,20,23). The minimum atomic E-state index is -0.215. The van der Waals surface area contributed by atoms with E-state index in [1.165, 1.54) is 4.57 Å². The monoisotopic (exact) mass is 355 g/mol. The minimum absolute atomic E-state index is 0.215. The third-order valence-corrected chi connectivity index (χ3v) is 3.82. The van der Waals surface area contributed by atoms with Crippen molar-refractivity contribution in [1.29, 1.82) is 0 Å². The normalized spacial score (nSPS) is 10.7. The fraction of sp³-hybridized carbons (Fsp3) is 0.263. The SMILES string of the molecule is CNC(=O)n1ccc2cc(Oc3ccncc3)c(OCCCOC)cc21. The van der Waals surface area contributed by atoms with Crippen molar-refractivity contribution in [2.45, 2.75) is 6.42 Å². The molecule has 3 rings (SSSR count). The van der Waals surface area contributed by atoms with Crippen LogP contribution in [0.1, 0.15) is 6.42 Å². The minimum Gasteiger partial charge on any atom is -0.490 e. The topological polar surface area (TPSA) is 74.6 Å². The molecular weight excluding hydrogens is 334 g/mol. The number of carbonyl (C=O) groups excluding carboxylic acids is 1. The summed E-state index contributed by atoms with van der Waals surface area (Å²) < 4.78 is 18.4. The van der Waals surface area contributed by atoms with Gasteiger partial charge in [0.1, 0.15) is 5.75 Å². The van der Waals surface area contributed by atoms with Gasteiger partial charge in [0.05, 0.1) is 12.1 Å². The zero-order valence-corrected chi connectivity index (χ0v) is 14.8. The highest BCUT2D eigenvalue weighted by Gasteiger charge is 2.14. The van der Waals surface area contributed by atoms with Crippen LogP contribution in [0.5, 0.6) is 17.2 Å². The van der Waals surface area contributed by atoms with Gasteiger partial charge in [0.2, 0.25) is 0 Å². The van der Waals surface area contributed by atoms with Crippen LogP contribution >= 0.6 is 0 Å². The van der Waals surface area contributed by atoms with Crippen LogP contribution in [0.3, 0.4) is 0 Å². The molecule has 0 saturated carbocycles. The van der Waals surface area contributed by atoms with E-state index in [4.69, 9.17) is 14.2 Å². The molecule has 0 radical (unpaired) electrons. The summed E-state index contributed by atoms with van der Waals surface area (Å²) >= 11 is 0. The fourth-order valence-electron chi connectivity index (χ4n) is 2.55. The zero-order valence-electron chi connectivity index (χ0n) is 14.8. The highest BCUT2D eigenvalue weighted by molar-refractivity contribution is 5.93. The van der Waals surface area contributed by atoms with Crippen LogP contribution < -0.4 is 14.8 Å². The lowest BCUT2D eigenvalue weighted by atomic mass is 10.2. The third-order valence-electron chi connectivity index (χ3n) is 3.82. The summed E-state index contributed by atoms with van der Waals surface area (Å²) in [5.74, 6) is 1.80. The van der Waals surface area contributed by atoms with Gasteiger partial charge in [0.15, 0.2) is 11.5 Å². The Bertz CT molecular complexity index is 877. The smallest absolute Gasteiger partial charge is 0.325 e. The van der Waals surface area contributed by atoms with Crippen LogP contribution in [-0.4, -0.2) is 43.0 Å². The van der Waals surface area contributed by atoms with Crippen molar-refractivity contribution in [3.05, 3.63) is 48.9 Å². The van der Waals surface area contributed by atoms with E-state index < -0.39 is 0 Å². The average Bonchev–Trinajstić information content (AvgIpc) is 3.08. The second-order valence-electron chi connectivity index (χ2n) is 5.58. The van der Waals surface area contributed by atoms with Gasteiger partial charge >= 0.3 is 6.03 Å². The van der Waals surface area contributed by atoms with E-state index >= 15 is 0 Å². The quantitative estimate of drug-likeness (QED) is 0.657. The number of rotatable bonds is 7. The van der Waals surface area contributed by atoms with Crippen molar-refractivity contribution < 1.29 is 19.0 Å². The van der Waals surface area contributed by atoms with E-state index in [-0.39, 0.29) is 6.03 Å². The van der Waals surface area contributed by atoms with Gasteiger partial charge in [-0.05, 0) is 24.3 Å². The Hall–Kier alpha value is -3.06. The second-order valence-corrected chi connectivity index (χ2v) is 5.58. The second kappa shape index (κ2) is 8.35. The molecule has 0 spiro atoms. The summed E-state index contributed by atoms with van der Waals surface area (Å²) in [5.41, 5.74) is 0.744. The maximum atomic E-state index is 12.0. The molecule has 7 nitrogen and oxygen atoms in total. The molecule has 0 aliphatic rings. The summed E-state index contributed by atoms with van der Waals surface area (Å²) in [6.07, 6.45) is 5.79. The Balaban J connectivity index is 1.96. The summed E-state index contributed by atoms with van der Waals surface area (Å²) in [4.78, 5) is 16.0. The Morgan fingerprint density at radius 3 is 2.69 bits per heavy atom. The predicted octanol–water partition coefficient (Wildman–Crippen LogP) is 3.43. The van der Waals surface area contributed by atoms with Gasteiger partial charge in [-0.25, -0.2) is 4.79 Å². The van der Waals surface area contributed by atoms with E-state index in [0.29, 0.717) is 30.5 Å². The van der Waals surface area contributed by atoms with Crippen molar-refractivity contribution in [2.24, 2.45) is 0 Å². The highest BCUT2D eigenvalue weighted by atomic mass is 16.5. The molecule has 136 valence electrons. The zero-order chi connectivity index (χ0) is 18.4. The molecule has 7 heteroatoms. The number of nitrogens with zero attached hydrogens (tertiary/aromatic N) is 2. The van der Waals surface area contributed by atoms with Gasteiger partial charge in [0.25, 0.3) is 0 Å². The summed E-state index contributed by atoms with van der Waals surface area (Å²) in [6.45, 7) is 1.09. The van der Waals surface area contributed by atoms with E-state index in [0.717, 1.165) is 17.3 Å². The molecule has 26 heavy (non-hydrogen) atoms. The van der Waals surface area contributed by atoms with Crippen LogP contribution in [0.25, 0.3) is 10.9 Å². The predicted molar refractivity (Wildman–Crippen MR) is 98.1 cm³/mol. The van der Waals surface area contributed by atoms with Gasteiger partial charge in [-0.2, -0.15) is 0 Å². The van der Waals surface area contributed by atoms with Crippen LogP contribution in [0.15, 0.2) is 48.9 Å². The maximum absolute atomic E-state index is 12.0. The molecule has 1 aromatic carbocycles. The number of benzene rings is 1. The first-order valence-corrected chi connectivity index (χ1v) is 8.29. The largest absolute Gasteiger partial charge is 0.490 e. The Morgan fingerprint density at radius 1 is 1.15 bits per heavy atom. The number of carbonyl (C=O) groups is 1. The fourth-order valence-corrected chi connectivity index (χ4v) is 2.55. The summed E-state index contributed by atoms with van der Waals surface area (Å²) in [5, 5.41) is 3.50. The van der Waals surface area contributed by atoms with Crippen LogP contribution in [0, 0.1) is 0 Å². The van der Waals surface area contributed by atoms with E-state index in [9.17, 15) is 4.79 Å². The highest BCUT2D eigenvalue weighted by Crippen LogP contribution is 2.36. The van der Waals surface area contributed by atoms with Crippen molar-refractivity contribution in [3.63, 3.8) is 0 Å². The van der Waals surface area contributed by atoms with E-state index in [1.54, 1.807) is 44.9 Å². The number of amides is 1. The van der Waals surface area contributed by atoms with Gasteiger partial charge < -0.3 is 19.5 Å². The molecule has 0 aliphatic carbocycles.